The van der Waals surface area contributed by atoms with E-state index >= 15 is 0 Å². The topological polar surface area (TPSA) is 58.2 Å². The number of benzene rings is 1. The van der Waals surface area contributed by atoms with Crippen LogP contribution in [0.15, 0.2) is 24.3 Å². The zero-order chi connectivity index (χ0) is 16.7. The molecule has 0 atom stereocenters. The molecular formula is C19H28N2O2. The summed E-state index contributed by atoms with van der Waals surface area (Å²) in [5.74, 6) is 1.18. The summed E-state index contributed by atoms with van der Waals surface area (Å²) in [7, 11) is 0. The van der Waals surface area contributed by atoms with Crippen LogP contribution in [0.25, 0.3) is 0 Å². The van der Waals surface area contributed by atoms with Crippen molar-refractivity contribution in [3.05, 3.63) is 24.3 Å². The van der Waals surface area contributed by atoms with Gasteiger partial charge in [0.05, 0.1) is 0 Å². The van der Waals surface area contributed by atoms with E-state index < -0.39 is 0 Å². The van der Waals surface area contributed by atoms with Crippen LogP contribution in [-0.2, 0) is 9.59 Å². The van der Waals surface area contributed by atoms with Gasteiger partial charge in [-0.1, -0.05) is 39.5 Å². The zero-order valence-corrected chi connectivity index (χ0v) is 14.2. The predicted octanol–water partition coefficient (Wildman–Crippen LogP) is 4.58. The monoisotopic (exact) mass is 316 g/mol. The summed E-state index contributed by atoms with van der Waals surface area (Å²) in [6.45, 7) is 4.04. The van der Waals surface area contributed by atoms with Crippen molar-refractivity contribution in [1.82, 2.24) is 0 Å². The number of carbonyl (C=O) groups is 2. The van der Waals surface area contributed by atoms with E-state index in [4.69, 9.17) is 0 Å². The van der Waals surface area contributed by atoms with E-state index in [0.717, 1.165) is 23.7 Å². The van der Waals surface area contributed by atoms with E-state index in [1.54, 1.807) is 0 Å². The van der Waals surface area contributed by atoms with E-state index in [1.165, 1.54) is 25.7 Å². The van der Waals surface area contributed by atoms with Crippen LogP contribution in [0.3, 0.4) is 0 Å². The third-order valence-electron chi connectivity index (χ3n) is 4.30. The largest absolute Gasteiger partial charge is 0.326 e. The molecule has 1 aliphatic carbocycles. The minimum absolute atomic E-state index is 0.0216. The Morgan fingerprint density at radius 2 is 1.52 bits per heavy atom. The SMILES string of the molecule is CC(C)CC(=O)Nc1ccc(NC(=O)CCC2CCCC2)cc1. The lowest BCUT2D eigenvalue weighted by Crippen LogP contribution is -2.14. The van der Waals surface area contributed by atoms with Crippen LogP contribution in [-0.4, -0.2) is 11.8 Å². The smallest absolute Gasteiger partial charge is 0.224 e. The maximum absolute atomic E-state index is 12.0. The summed E-state index contributed by atoms with van der Waals surface area (Å²) in [4.78, 5) is 23.7. The van der Waals surface area contributed by atoms with Gasteiger partial charge in [-0.05, 0) is 42.5 Å². The van der Waals surface area contributed by atoms with Crippen LogP contribution in [0.5, 0.6) is 0 Å². The molecule has 0 radical (unpaired) electrons. The Kier molecular flexibility index (Phi) is 6.63. The number of amides is 2. The van der Waals surface area contributed by atoms with Gasteiger partial charge in [-0.15, -0.1) is 0 Å². The van der Waals surface area contributed by atoms with Gasteiger partial charge in [0.25, 0.3) is 0 Å². The highest BCUT2D eigenvalue weighted by molar-refractivity contribution is 5.93. The molecule has 1 saturated carbocycles. The summed E-state index contributed by atoms with van der Waals surface area (Å²) in [5, 5.41) is 5.79. The number of anilines is 2. The molecule has 0 aromatic heterocycles. The van der Waals surface area contributed by atoms with Crippen molar-refractivity contribution in [2.45, 2.75) is 58.8 Å². The number of rotatable bonds is 7. The van der Waals surface area contributed by atoms with E-state index in [0.29, 0.717) is 18.8 Å². The van der Waals surface area contributed by atoms with Gasteiger partial charge in [0.15, 0.2) is 0 Å². The molecule has 4 heteroatoms. The summed E-state index contributed by atoms with van der Waals surface area (Å²) in [5.41, 5.74) is 1.54. The average molecular weight is 316 g/mol. The van der Waals surface area contributed by atoms with Gasteiger partial charge in [0, 0.05) is 24.2 Å². The maximum Gasteiger partial charge on any atom is 0.224 e. The Morgan fingerprint density at radius 3 is 2.04 bits per heavy atom. The van der Waals surface area contributed by atoms with Crippen LogP contribution in [0.1, 0.15) is 58.8 Å². The van der Waals surface area contributed by atoms with Crippen molar-refractivity contribution < 1.29 is 9.59 Å². The van der Waals surface area contributed by atoms with Gasteiger partial charge < -0.3 is 10.6 Å². The van der Waals surface area contributed by atoms with Crippen molar-refractivity contribution in [2.24, 2.45) is 11.8 Å². The molecule has 1 aromatic rings. The van der Waals surface area contributed by atoms with Crippen LogP contribution < -0.4 is 10.6 Å². The first kappa shape index (κ1) is 17.5. The molecule has 0 heterocycles. The van der Waals surface area contributed by atoms with Crippen molar-refractivity contribution in [1.29, 1.82) is 0 Å². The van der Waals surface area contributed by atoms with Crippen LogP contribution in [0.2, 0.25) is 0 Å². The molecule has 126 valence electrons. The Balaban J connectivity index is 1.75. The molecule has 0 saturated heterocycles. The third-order valence-corrected chi connectivity index (χ3v) is 4.30. The highest BCUT2D eigenvalue weighted by Crippen LogP contribution is 2.28. The summed E-state index contributed by atoms with van der Waals surface area (Å²) in [6, 6.07) is 7.31. The molecule has 2 rings (SSSR count). The van der Waals surface area contributed by atoms with Crippen molar-refractivity contribution in [3.8, 4) is 0 Å². The number of hydrogen-bond donors (Lipinski definition) is 2. The van der Waals surface area contributed by atoms with Gasteiger partial charge in [-0.2, -0.15) is 0 Å². The second-order valence-electron chi connectivity index (χ2n) is 6.96. The van der Waals surface area contributed by atoms with E-state index in [-0.39, 0.29) is 11.8 Å². The number of carbonyl (C=O) groups excluding carboxylic acids is 2. The fourth-order valence-electron chi connectivity index (χ4n) is 3.08. The van der Waals surface area contributed by atoms with Gasteiger partial charge in [-0.25, -0.2) is 0 Å². The standard InChI is InChI=1S/C19H28N2O2/c1-14(2)13-19(23)21-17-10-8-16(9-11-17)20-18(22)12-7-15-5-3-4-6-15/h8-11,14-15H,3-7,12-13H2,1-2H3,(H,20,22)(H,21,23). The molecule has 2 N–H and O–H groups in total. The molecule has 23 heavy (non-hydrogen) atoms. The van der Waals surface area contributed by atoms with Gasteiger partial charge in [-0.3, -0.25) is 9.59 Å². The highest BCUT2D eigenvalue weighted by Gasteiger charge is 2.16. The molecule has 0 bridgehead atoms. The number of hydrogen-bond acceptors (Lipinski definition) is 2. The first-order chi connectivity index (χ1) is 11.0. The first-order valence-corrected chi connectivity index (χ1v) is 8.72. The lowest BCUT2D eigenvalue weighted by atomic mass is 10.0. The third kappa shape index (κ3) is 6.43. The highest BCUT2D eigenvalue weighted by atomic mass is 16.2. The summed E-state index contributed by atoms with van der Waals surface area (Å²) < 4.78 is 0. The van der Waals surface area contributed by atoms with E-state index in [9.17, 15) is 9.59 Å². The fraction of sp³-hybridized carbons (Fsp3) is 0.579. The van der Waals surface area contributed by atoms with Crippen LogP contribution in [0, 0.1) is 11.8 Å². The summed E-state index contributed by atoms with van der Waals surface area (Å²) in [6.07, 6.45) is 7.29. The second-order valence-corrected chi connectivity index (χ2v) is 6.96. The second kappa shape index (κ2) is 8.70. The zero-order valence-electron chi connectivity index (χ0n) is 14.2. The molecule has 0 aliphatic heterocycles. The lowest BCUT2D eigenvalue weighted by Gasteiger charge is -2.10. The Hall–Kier alpha value is -1.84. The van der Waals surface area contributed by atoms with Crippen molar-refractivity contribution >= 4 is 23.2 Å². The average Bonchev–Trinajstić information content (AvgIpc) is 3.00. The van der Waals surface area contributed by atoms with Crippen molar-refractivity contribution in [3.63, 3.8) is 0 Å². The fourth-order valence-corrected chi connectivity index (χ4v) is 3.08. The van der Waals surface area contributed by atoms with Crippen LogP contribution >= 0.6 is 0 Å². The quantitative estimate of drug-likeness (QED) is 0.773. The number of nitrogens with one attached hydrogen (secondary N) is 2. The van der Waals surface area contributed by atoms with E-state index in [1.807, 2.05) is 38.1 Å². The normalized spacial score (nSPS) is 14.9. The minimum Gasteiger partial charge on any atom is -0.326 e. The Morgan fingerprint density at radius 1 is 1.00 bits per heavy atom. The Labute approximate surface area is 139 Å². The lowest BCUT2D eigenvalue weighted by molar-refractivity contribution is -0.117. The molecule has 1 aliphatic rings. The first-order valence-electron chi connectivity index (χ1n) is 8.72. The molecule has 1 aromatic carbocycles. The molecule has 0 spiro atoms. The minimum atomic E-state index is 0.0216. The van der Waals surface area contributed by atoms with Gasteiger partial charge >= 0.3 is 0 Å². The molecule has 0 unspecified atom stereocenters. The summed E-state index contributed by atoms with van der Waals surface area (Å²) >= 11 is 0. The molecule has 2 amide bonds. The van der Waals surface area contributed by atoms with Gasteiger partial charge in [0.1, 0.15) is 0 Å². The Bertz CT molecular complexity index is 517. The van der Waals surface area contributed by atoms with E-state index in [2.05, 4.69) is 10.6 Å². The predicted molar refractivity (Wildman–Crippen MR) is 94.3 cm³/mol. The molecular weight excluding hydrogens is 288 g/mol. The molecule has 4 nitrogen and oxygen atoms in total. The van der Waals surface area contributed by atoms with Gasteiger partial charge in [0.2, 0.25) is 11.8 Å². The van der Waals surface area contributed by atoms with Crippen molar-refractivity contribution in [2.75, 3.05) is 10.6 Å². The molecule has 1 fully saturated rings. The maximum atomic E-state index is 12.0. The van der Waals surface area contributed by atoms with Crippen LogP contribution in [0.4, 0.5) is 11.4 Å².